The molecule has 0 saturated carbocycles. The van der Waals surface area contributed by atoms with Crippen LogP contribution in [0.3, 0.4) is 0 Å². The highest BCUT2D eigenvalue weighted by Gasteiger charge is 2.16. The van der Waals surface area contributed by atoms with Crippen molar-refractivity contribution in [2.45, 2.75) is 15.7 Å². The van der Waals surface area contributed by atoms with E-state index in [0.717, 1.165) is 4.90 Å². The van der Waals surface area contributed by atoms with Gasteiger partial charge in [-0.05, 0) is 54.4 Å². The summed E-state index contributed by atoms with van der Waals surface area (Å²) >= 11 is 1.85. The number of halogens is 2. The predicted molar refractivity (Wildman–Crippen MR) is 82.3 cm³/mol. The smallest absolute Gasteiger partial charge is 0.290 e. The van der Waals surface area contributed by atoms with Crippen molar-refractivity contribution in [1.29, 1.82) is 0 Å². The van der Waals surface area contributed by atoms with Gasteiger partial charge in [-0.15, -0.1) is 11.8 Å². The Morgan fingerprint density at radius 3 is 2.57 bits per heavy atom. The fraction of sp³-hybridized carbons (Fsp3) is 0.143. The number of alkyl halides is 2. The molecule has 21 heavy (non-hydrogen) atoms. The van der Waals surface area contributed by atoms with Crippen LogP contribution in [0.15, 0.2) is 52.5 Å². The van der Waals surface area contributed by atoms with Crippen molar-refractivity contribution in [3.63, 3.8) is 0 Å². The zero-order chi connectivity index (χ0) is 15.2. The summed E-state index contributed by atoms with van der Waals surface area (Å²) in [5.74, 6) is -3.07. The lowest BCUT2D eigenvalue weighted by atomic mass is 10.2. The number of thioether (sulfide) groups is 2. The van der Waals surface area contributed by atoms with Gasteiger partial charge in [-0.1, -0.05) is 0 Å². The molecule has 0 aliphatic rings. The fourth-order valence-corrected chi connectivity index (χ4v) is 2.60. The zero-order valence-electron chi connectivity index (χ0n) is 11.0. The summed E-state index contributed by atoms with van der Waals surface area (Å²) in [7, 11) is 0. The first-order chi connectivity index (χ1) is 10.1. The van der Waals surface area contributed by atoms with E-state index in [1.165, 1.54) is 12.3 Å². The van der Waals surface area contributed by atoms with E-state index in [-0.39, 0.29) is 22.4 Å². The molecule has 0 saturated heterocycles. The van der Waals surface area contributed by atoms with Gasteiger partial charge in [-0.25, -0.2) is 4.98 Å². The van der Waals surface area contributed by atoms with Gasteiger partial charge in [-0.3, -0.25) is 4.79 Å². The predicted octanol–water partition coefficient (Wildman–Crippen LogP) is 4.37. The van der Waals surface area contributed by atoms with Crippen LogP contribution in [0.2, 0.25) is 0 Å². The van der Waals surface area contributed by atoms with E-state index in [9.17, 15) is 13.6 Å². The third-order valence-corrected chi connectivity index (χ3v) is 4.03. The van der Waals surface area contributed by atoms with Crippen molar-refractivity contribution in [3.05, 3.63) is 48.2 Å². The Balaban J connectivity index is 2.16. The first-order valence-corrected chi connectivity index (χ1v) is 8.06. The van der Waals surface area contributed by atoms with Crippen molar-refractivity contribution in [2.24, 2.45) is 0 Å². The number of hydrogen-bond acceptors (Lipinski definition) is 4. The van der Waals surface area contributed by atoms with Crippen LogP contribution in [-0.4, -0.2) is 22.9 Å². The molecule has 0 atom stereocenters. The number of rotatable bonds is 5. The van der Waals surface area contributed by atoms with Crippen molar-refractivity contribution in [2.75, 3.05) is 11.6 Å². The number of anilines is 1. The van der Waals surface area contributed by atoms with Gasteiger partial charge in [-0.2, -0.15) is 8.78 Å². The molecule has 1 aromatic carbocycles. The molecule has 1 heterocycles. The Labute approximate surface area is 129 Å². The Bertz CT molecular complexity index is 621. The molecule has 1 N–H and O–H groups in total. The summed E-state index contributed by atoms with van der Waals surface area (Å²) in [6.07, 6.45) is 3.34. The molecule has 0 fully saturated rings. The number of nitrogens with zero attached hydrogens (tertiary/aromatic N) is 1. The minimum atomic E-state index is -2.62. The van der Waals surface area contributed by atoms with Gasteiger partial charge in [0.25, 0.3) is 11.7 Å². The zero-order valence-corrected chi connectivity index (χ0v) is 12.7. The molecule has 3 nitrogen and oxygen atoms in total. The van der Waals surface area contributed by atoms with E-state index in [1.807, 2.05) is 18.4 Å². The molecule has 2 rings (SSSR count). The normalized spacial score (nSPS) is 10.7. The van der Waals surface area contributed by atoms with Gasteiger partial charge in [0.2, 0.25) is 0 Å². The van der Waals surface area contributed by atoms with E-state index in [1.54, 1.807) is 30.0 Å². The van der Waals surface area contributed by atoms with Gasteiger partial charge in [0, 0.05) is 16.8 Å². The molecule has 0 aliphatic heterocycles. The van der Waals surface area contributed by atoms with Crippen LogP contribution < -0.4 is 5.32 Å². The quantitative estimate of drug-likeness (QED) is 0.829. The molecule has 0 unspecified atom stereocenters. The molecule has 110 valence electrons. The third kappa shape index (κ3) is 4.44. The summed E-state index contributed by atoms with van der Waals surface area (Å²) in [6, 6.07) is 10.3. The van der Waals surface area contributed by atoms with Crippen molar-refractivity contribution in [3.8, 4) is 0 Å². The number of aromatic nitrogens is 1. The molecular weight excluding hydrogens is 314 g/mol. The Kier molecular flexibility index (Phi) is 5.58. The SMILES string of the molecule is CSc1ccc(NC(=O)c2cccnc2SC(F)F)cc1. The topological polar surface area (TPSA) is 42.0 Å². The Hall–Kier alpha value is -1.60. The van der Waals surface area contributed by atoms with Crippen LogP contribution in [0.25, 0.3) is 0 Å². The van der Waals surface area contributed by atoms with Gasteiger partial charge < -0.3 is 5.32 Å². The van der Waals surface area contributed by atoms with E-state index in [4.69, 9.17) is 0 Å². The number of benzene rings is 1. The van der Waals surface area contributed by atoms with Crippen molar-refractivity contribution < 1.29 is 13.6 Å². The molecule has 1 aromatic heterocycles. The molecule has 0 aliphatic carbocycles. The molecular formula is C14H12F2N2OS2. The van der Waals surface area contributed by atoms with Crippen LogP contribution in [0.1, 0.15) is 10.4 Å². The standard InChI is InChI=1S/C14H12F2N2OS2/c1-20-10-6-4-9(5-7-10)18-12(19)11-3-2-8-17-13(11)21-14(15)16/h2-8,14H,1H3,(H,18,19). The second-order valence-corrected chi connectivity index (χ2v) is 5.78. The maximum absolute atomic E-state index is 12.5. The number of pyridine rings is 1. The summed E-state index contributed by atoms with van der Waals surface area (Å²) < 4.78 is 24.9. The lowest BCUT2D eigenvalue weighted by molar-refractivity contribution is 0.102. The maximum atomic E-state index is 12.5. The summed E-state index contributed by atoms with van der Waals surface area (Å²) in [6.45, 7) is 0. The van der Waals surface area contributed by atoms with Crippen molar-refractivity contribution >= 4 is 35.1 Å². The van der Waals surface area contributed by atoms with Gasteiger partial charge >= 0.3 is 0 Å². The van der Waals surface area contributed by atoms with Crippen LogP contribution in [0, 0.1) is 0 Å². The van der Waals surface area contributed by atoms with Crippen molar-refractivity contribution in [1.82, 2.24) is 4.98 Å². The van der Waals surface area contributed by atoms with Gasteiger partial charge in [0.15, 0.2) is 0 Å². The maximum Gasteiger partial charge on any atom is 0.290 e. The number of hydrogen-bond donors (Lipinski definition) is 1. The molecule has 0 radical (unpaired) electrons. The molecule has 1 amide bonds. The third-order valence-electron chi connectivity index (χ3n) is 2.56. The van der Waals surface area contributed by atoms with Gasteiger partial charge in [0.05, 0.1) is 5.56 Å². The largest absolute Gasteiger partial charge is 0.322 e. The lowest BCUT2D eigenvalue weighted by Crippen LogP contribution is -2.13. The minimum Gasteiger partial charge on any atom is -0.322 e. The van der Waals surface area contributed by atoms with Crippen LogP contribution in [-0.2, 0) is 0 Å². The molecule has 0 bridgehead atoms. The second kappa shape index (κ2) is 7.42. The van der Waals surface area contributed by atoms with Crippen LogP contribution >= 0.6 is 23.5 Å². The van der Waals surface area contributed by atoms with E-state index >= 15 is 0 Å². The van der Waals surface area contributed by atoms with E-state index in [0.29, 0.717) is 5.69 Å². The van der Waals surface area contributed by atoms with Crippen LogP contribution in [0.4, 0.5) is 14.5 Å². The highest BCUT2D eigenvalue weighted by Crippen LogP contribution is 2.27. The Morgan fingerprint density at radius 1 is 1.24 bits per heavy atom. The number of carbonyl (C=O) groups is 1. The summed E-state index contributed by atoms with van der Waals surface area (Å²) in [4.78, 5) is 17.1. The van der Waals surface area contributed by atoms with Crippen LogP contribution in [0.5, 0.6) is 0 Å². The highest BCUT2D eigenvalue weighted by molar-refractivity contribution is 7.99. The number of amides is 1. The van der Waals surface area contributed by atoms with E-state index < -0.39 is 11.7 Å². The first kappa shape index (κ1) is 15.8. The second-order valence-electron chi connectivity index (χ2n) is 3.92. The summed E-state index contributed by atoms with van der Waals surface area (Å²) in [5, 5.41) is 2.70. The number of carbonyl (C=O) groups excluding carboxylic acids is 1. The highest BCUT2D eigenvalue weighted by atomic mass is 32.2. The minimum absolute atomic E-state index is 0.0192. The average Bonchev–Trinajstić information content (AvgIpc) is 2.48. The van der Waals surface area contributed by atoms with Gasteiger partial charge in [0.1, 0.15) is 5.03 Å². The summed E-state index contributed by atoms with van der Waals surface area (Å²) in [5.41, 5.74) is 0.742. The fourth-order valence-electron chi connectivity index (χ4n) is 1.61. The first-order valence-electron chi connectivity index (χ1n) is 5.95. The molecule has 2 aromatic rings. The molecule has 7 heteroatoms. The monoisotopic (exact) mass is 326 g/mol. The van der Waals surface area contributed by atoms with E-state index in [2.05, 4.69) is 10.3 Å². The number of nitrogens with one attached hydrogen (secondary N) is 1. The lowest BCUT2D eigenvalue weighted by Gasteiger charge is -2.09. The average molecular weight is 326 g/mol. The molecule has 0 spiro atoms. The Morgan fingerprint density at radius 2 is 1.95 bits per heavy atom.